The van der Waals surface area contributed by atoms with Crippen LogP contribution in [-0.2, 0) is 4.79 Å². The van der Waals surface area contributed by atoms with Gasteiger partial charge in [-0.05, 0) is 61.4 Å². The maximum Gasteiger partial charge on any atom is 0.136 e. The minimum Gasteiger partial charge on any atom is -0.299 e. The van der Waals surface area contributed by atoms with Gasteiger partial charge in [-0.25, -0.2) is 0 Å². The molecule has 0 spiro atoms. The van der Waals surface area contributed by atoms with Gasteiger partial charge in [-0.3, -0.25) is 4.79 Å². The molecular weight excluding hydrogens is 216 g/mol. The second-order valence-corrected chi connectivity index (χ2v) is 7.23. The Kier molecular flexibility index (Phi) is 3.28. The van der Waals surface area contributed by atoms with Crippen molar-refractivity contribution in [1.82, 2.24) is 0 Å². The van der Waals surface area contributed by atoms with Gasteiger partial charge in [-0.1, -0.05) is 6.42 Å². The topological polar surface area (TPSA) is 17.1 Å². The Morgan fingerprint density at radius 3 is 2.50 bits per heavy atom. The molecule has 16 heavy (non-hydrogen) atoms. The van der Waals surface area contributed by atoms with Crippen LogP contribution in [0.5, 0.6) is 0 Å². The number of hydrogen-bond acceptors (Lipinski definition) is 2. The van der Waals surface area contributed by atoms with Crippen LogP contribution in [0.2, 0.25) is 0 Å². The summed E-state index contributed by atoms with van der Waals surface area (Å²) in [6.45, 7) is 0. The van der Waals surface area contributed by atoms with Gasteiger partial charge in [0.15, 0.2) is 0 Å². The second kappa shape index (κ2) is 4.72. The fraction of sp³-hybridized carbons (Fsp3) is 0.929. The van der Waals surface area contributed by atoms with E-state index in [0.29, 0.717) is 11.7 Å². The van der Waals surface area contributed by atoms with Crippen molar-refractivity contribution in [2.45, 2.75) is 44.9 Å². The first-order valence-corrected chi connectivity index (χ1v) is 8.09. The summed E-state index contributed by atoms with van der Waals surface area (Å²) in [6.07, 6.45) is 8.86. The van der Waals surface area contributed by atoms with E-state index in [0.717, 1.165) is 24.2 Å². The Labute approximate surface area is 103 Å². The van der Waals surface area contributed by atoms with Gasteiger partial charge in [0.25, 0.3) is 0 Å². The van der Waals surface area contributed by atoms with Gasteiger partial charge in [0, 0.05) is 12.3 Å². The van der Waals surface area contributed by atoms with Gasteiger partial charge < -0.3 is 0 Å². The third-order valence-electron chi connectivity index (χ3n) is 4.98. The average molecular weight is 238 g/mol. The molecule has 1 nitrogen and oxygen atoms in total. The third-order valence-corrected chi connectivity index (χ3v) is 6.03. The highest BCUT2D eigenvalue weighted by Crippen LogP contribution is 2.49. The van der Waals surface area contributed by atoms with Crippen LogP contribution in [0.25, 0.3) is 0 Å². The Hall–Kier alpha value is 0.0200. The number of fused-ring (bicyclic) bond motifs is 2. The first-order chi connectivity index (χ1) is 7.83. The van der Waals surface area contributed by atoms with E-state index >= 15 is 0 Å². The van der Waals surface area contributed by atoms with Crippen LogP contribution in [0, 0.1) is 23.7 Å². The Bertz CT molecular complexity index is 270. The lowest BCUT2D eigenvalue weighted by atomic mass is 9.81. The molecule has 1 heterocycles. The largest absolute Gasteiger partial charge is 0.299 e. The van der Waals surface area contributed by atoms with Crippen molar-refractivity contribution >= 4 is 17.5 Å². The van der Waals surface area contributed by atoms with Crippen molar-refractivity contribution < 1.29 is 4.79 Å². The summed E-state index contributed by atoms with van der Waals surface area (Å²) in [6, 6.07) is 0. The molecule has 3 fully saturated rings. The van der Waals surface area contributed by atoms with E-state index in [-0.39, 0.29) is 0 Å². The lowest BCUT2D eigenvalue weighted by Crippen LogP contribution is -2.24. The molecule has 1 aliphatic heterocycles. The zero-order chi connectivity index (χ0) is 11.0. The van der Waals surface area contributed by atoms with Gasteiger partial charge in [0.1, 0.15) is 5.78 Å². The van der Waals surface area contributed by atoms with Crippen LogP contribution in [0.1, 0.15) is 44.9 Å². The molecule has 2 saturated carbocycles. The molecule has 3 atom stereocenters. The summed E-state index contributed by atoms with van der Waals surface area (Å²) >= 11 is 2.06. The molecule has 1 saturated heterocycles. The predicted molar refractivity (Wildman–Crippen MR) is 68.6 cm³/mol. The molecule has 90 valence electrons. The SMILES string of the molecule is O=C(CC1CCSCC1)C1CC2CCC1C2. The first-order valence-electron chi connectivity index (χ1n) is 6.93. The molecule has 0 N–H and O–H groups in total. The van der Waals surface area contributed by atoms with Gasteiger partial charge >= 0.3 is 0 Å². The van der Waals surface area contributed by atoms with E-state index in [4.69, 9.17) is 0 Å². The van der Waals surface area contributed by atoms with Crippen LogP contribution < -0.4 is 0 Å². The average Bonchev–Trinajstić information content (AvgIpc) is 2.92. The monoisotopic (exact) mass is 238 g/mol. The quantitative estimate of drug-likeness (QED) is 0.748. The molecule has 0 radical (unpaired) electrons. The molecule has 2 bridgehead atoms. The summed E-state index contributed by atoms with van der Waals surface area (Å²) in [7, 11) is 0. The van der Waals surface area contributed by atoms with Crippen LogP contribution >= 0.6 is 11.8 Å². The van der Waals surface area contributed by atoms with Crippen molar-refractivity contribution in [2.75, 3.05) is 11.5 Å². The normalized spacial score (nSPS) is 39.1. The molecule has 2 heteroatoms. The summed E-state index contributed by atoms with van der Waals surface area (Å²) in [5.41, 5.74) is 0. The summed E-state index contributed by atoms with van der Waals surface area (Å²) in [5.74, 6) is 6.12. The van der Waals surface area contributed by atoms with E-state index in [1.807, 2.05) is 0 Å². The number of ketones is 1. The maximum atomic E-state index is 12.3. The number of carbonyl (C=O) groups is 1. The van der Waals surface area contributed by atoms with Crippen molar-refractivity contribution in [3.8, 4) is 0 Å². The number of carbonyl (C=O) groups excluding carboxylic acids is 1. The van der Waals surface area contributed by atoms with E-state index in [1.165, 1.54) is 50.0 Å². The molecule has 0 aromatic carbocycles. The van der Waals surface area contributed by atoms with Crippen molar-refractivity contribution in [2.24, 2.45) is 23.7 Å². The molecule has 3 rings (SSSR count). The number of thioether (sulfide) groups is 1. The Morgan fingerprint density at radius 1 is 1.06 bits per heavy atom. The van der Waals surface area contributed by atoms with E-state index in [9.17, 15) is 4.79 Å². The molecule has 2 aliphatic carbocycles. The van der Waals surface area contributed by atoms with E-state index in [2.05, 4.69) is 11.8 Å². The summed E-state index contributed by atoms with van der Waals surface area (Å²) < 4.78 is 0. The lowest BCUT2D eigenvalue weighted by Gasteiger charge is -2.25. The zero-order valence-corrected chi connectivity index (χ0v) is 10.8. The molecule has 0 aromatic heterocycles. The molecule has 3 aliphatic rings. The van der Waals surface area contributed by atoms with Crippen molar-refractivity contribution in [3.63, 3.8) is 0 Å². The van der Waals surface area contributed by atoms with E-state index in [1.54, 1.807) is 0 Å². The zero-order valence-electron chi connectivity index (χ0n) is 9.99. The Morgan fingerprint density at radius 2 is 1.88 bits per heavy atom. The van der Waals surface area contributed by atoms with Crippen LogP contribution in [0.4, 0.5) is 0 Å². The number of Topliss-reactive ketones (excluding diaryl/α,β-unsaturated/α-hetero) is 1. The number of rotatable bonds is 3. The van der Waals surface area contributed by atoms with E-state index < -0.39 is 0 Å². The molecule has 0 aromatic rings. The van der Waals surface area contributed by atoms with Crippen LogP contribution in [0.15, 0.2) is 0 Å². The minimum atomic E-state index is 0.480. The molecule has 0 amide bonds. The highest BCUT2D eigenvalue weighted by Gasteiger charge is 2.42. The minimum absolute atomic E-state index is 0.480. The maximum absolute atomic E-state index is 12.3. The standard InChI is InChI=1S/C14H22OS/c15-14(9-10-3-5-16-6-4-10)13-8-11-1-2-12(13)7-11/h10-13H,1-9H2. The van der Waals surface area contributed by atoms with Gasteiger partial charge in [0.05, 0.1) is 0 Å². The fourth-order valence-electron chi connectivity index (χ4n) is 4.03. The first kappa shape index (κ1) is 11.1. The smallest absolute Gasteiger partial charge is 0.136 e. The number of hydrogen-bond donors (Lipinski definition) is 0. The Balaban J connectivity index is 1.53. The second-order valence-electron chi connectivity index (χ2n) is 6.01. The fourth-order valence-corrected chi connectivity index (χ4v) is 5.23. The van der Waals surface area contributed by atoms with Gasteiger partial charge in [0.2, 0.25) is 0 Å². The predicted octanol–water partition coefficient (Wildman–Crippen LogP) is 3.53. The molecular formula is C14H22OS. The van der Waals surface area contributed by atoms with Crippen LogP contribution in [-0.4, -0.2) is 17.3 Å². The highest BCUT2D eigenvalue weighted by molar-refractivity contribution is 7.99. The van der Waals surface area contributed by atoms with Crippen LogP contribution in [0.3, 0.4) is 0 Å². The highest BCUT2D eigenvalue weighted by atomic mass is 32.2. The van der Waals surface area contributed by atoms with Crippen molar-refractivity contribution in [1.29, 1.82) is 0 Å². The van der Waals surface area contributed by atoms with Crippen molar-refractivity contribution in [3.05, 3.63) is 0 Å². The van der Waals surface area contributed by atoms with Gasteiger partial charge in [-0.15, -0.1) is 0 Å². The molecule has 3 unspecified atom stereocenters. The summed E-state index contributed by atoms with van der Waals surface area (Å²) in [5, 5.41) is 0. The third kappa shape index (κ3) is 2.18. The van der Waals surface area contributed by atoms with Gasteiger partial charge in [-0.2, -0.15) is 11.8 Å². The summed E-state index contributed by atoms with van der Waals surface area (Å²) in [4.78, 5) is 12.3. The lowest BCUT2D eigenvalue weighted by molar-refractivity contribution is -0.125.